The Morgan fingerprint density at radius 1 is 1.27 bits per heavy atom. The number of benzene rings is 1. The number of pyridine rings is 1. The van der Waals surface area contributed by atoms with E-state index in [0.717, 1.165) is 41.5 Å². The number of carbonyl (C=O) groups excluding carboxylic acids is 1. The van der Waals surface area contributed by atoms with Crippen LogP contribution in [-0.4, -0.2) is 23.0 Å². The number of hydrogen-bond acceptors (Lipinski definition) is 5. The van der Waals surface area contributed by atoms with Crippen LogP contribution in [-0.2, 0) is 0 Å². The molecule has 1 atom stereocenters. The molecule has 1 aromatic carbocycles. The van der Waals surface area contributed by atoms with E-state index in [9.17, 15) is 4.79 Å². The first-order valence-corrected chi connectivity index (χ1v) is 10.2. The minimum Gasteiger partial charge on any atom is -0.497 e. The highest BCUT2D eigenvalue weighted by molar-refractivity contribution is 6.00. The maximum atomic E-state index is 12.7. The Hall–Kier alpha value is -3.15. The lowest BCUT2D eigenvalue weighted by Crippen LogP contribution is -2.26. The van der Waals surface area contributed by atoms with Gasteiger partial charge in [0.1, 0.15) is 18.1 Å². The van der Waals surface area contributed by atoms with Gasteiger partial charge in [0.15, 0.2) is 0 Å². The van der Waals surface area contributed by atoms with Gasteiger partial charge in [-0.05, 0) is 55.4 Å². The summed E-state index contributed by atoms with van der Waals surface area (Å²) in [7, 11) is 1.66. The van der Waals surface area contributed by atoms with Crippen LogP contribution in [0.3, 0.4) is 0 Å². The molecule has 0 saturated heterocycles. The molecule has 30 heavy (non-hydrogen) atoms. The van der Waals surface area contributed by atoms with Gasteiger partial charge in [-0.1, -0.05) is 19.9 Å². The van der Waals surface area contributed by atoms with Crippen LogP contribution in [0.1, 0.15) is 67.9 Å². The standard InChI is InChI=1S/C24H27N3O3/c1-15(23-25-9-10-30-23)27-22(28)18-11-17-12-19(29-4)13-20(21(17)26-14-18)16-5-7-24(2,3)8-6-16/h5,9-15H,6-8H2,1-4H3,(H,27,28)/t15-/m1/s1. The summed E-state index contributed by atoms with van der Waals surface area (Å²) in [4.78, 5) is 21.5. The molecule has 1 aliphatic carbocycles. The molecular weight excluding hydrogens is 378 g/mol. The molecule has 0 unspecified atom stereocenters. The number of hydrogen-bond donors (Lipinski definition) is 1. The van der Waals surface area contributed by atoms with Gasteiger partial charge in [0, 0.05) is 17.1 Å². The quantitative estimate of drug-likeness (QED) is 0.622. The minimum atomic E-state index is -0.334. The van der Waals surface area contributed by atoms with E-state index in [1.165, 1.54) is 11.8 Å². The summed E-state index contributed by atoms with van der Waals surface area (Å²) in [5.74, 6) is 1.00. The number of carbonyl (C=O) groups is 1. The van der Waals surface area contributed by atoms with Crippen molar-refractivity contribution in [1.82, 2.24) is 15.3 Å². The van der Waals surface area contributed by atoms with E-state index in [1.54, 1.807) is 19.5 Å². The van der Waals surface area contributed by atoms with Crippen LogP contribution >= 0.6 is 0 Å². The summed E-state index contributed by atoms with van der Waals surface area (Å²) in [6.07, 6.45) is 10.2. The van der Waals surface area contributed by atoms with Crippen LogP contribution in [0.4, 0.5) is 0 Å². The summed E-state index contributed by atoms with van der Waals surface area (Å²) in [5.41, 5.74) is 4.08. The zero-order valence-corrected chi connectivity index (χ0v) is 17.9. The Labute approximate surface area is 176 Å². The minimum absolute atomic E-state index is 0.224. The highest BCUT2D eigenvalue weighted by atomic mass is 16.5. The second kappa shape index (κ2) is 7.94. The maximum absolute atomic E-state index is 12.7. The first-order valence-electron chi connectivity index (χ1n) is 10.2. The monoisotopic (exact) mass is 405 g/mol. The van der Waals surface area contributed by atoms with Gasteiger partial charge in [-0.2, -0.15) is 0 Å². The number of aromatic nitrogens is 2. The molecule has 1 N–H and O–H groups in total. The predicted molar refractivity (Wildman–Crippen MR) is 116 cm³/mol. The number of methoxy groups -OCH3 is 1. The highest BCUT2D eigenvalue weighted by Crippen LogP contribution is 2.40. The van der Waals surface area contributed by atoms with Crippen LogP contribution in [0, 0.1) is 5.41 Å². The fourth-order valence-corrected chi connectivity index (χ4v) is 3.82. The lowest BCUT2D eigenvalue weighted by molar-refractivity contribution is 0.0934. The summed E-state index contributed by atoms with van der Waals surface area (Å²) in [5, 5.41) is 3.78. The van der Waals surface area contributed by atoms with Crippen molar-refractivity contribution in [3.05, 3.63) is 59.9 Å². The zero-order valence-electron chi connectivity index (χ0n) is 17.9. The lowest BCUT2D eigenvalue weighted by atomic mass is 9.77. The Balaban J connectivity index is 1.67. The first kappa shape index (κ1) is 20.1. The summed E-state index contributed by atoms with van der Waals surface area (Å²) >= 11 is 0. The number of rotatable bonds is 5. The SMILES string of the molecule is COc1cc(C2=CCC(C)(C)CC2)c2ncc(C(=O)N[C@H](C)c3ncco3)cc2c1. The van der Waals surface area contributed by atoms with E-state index in [1.807, 2.05) is 25.1 Å². The van der Waals surface area contributed by atoms with Crippen LogP contribution < -0.4 is 10.1 Å². The van der Waals surface area contributed by atoms with Crippen molar-refractivity contribution in [3.63, 3.8) is 0 Å². The molecule has 0 bridgehead atoms. The van der Waals surface area contributed by atoms with Crippen molar-refractivity contribution in [2.45, 2.75) is 46.1 Å². The molecule has 0 saturated carbocycles. The normalized spacial score (nSPS) is 16.7. The molecule has 0 fully saturated rings. The number of amides is 1. The number of nitrogens with one attached hydrogen (secondary N) is 1. The van der Waals surface area contributed by atoms with Crippen molar-refractivity contribution < 1.29 is 13.9 Å². The van der Waals surface area contributed by atoms with Gasteiger partial charge in [-0.25, -0.2) is 4.98 Å². The molecule has 2 heterocycles. The van der Waals surface area contributed by atoms with Crippen LogP contribution in [0.25, 0.3) is 16.5 Å². The summed E-state index contributed by atoms with van der Waals surface area (Å²) in [6, 6.07) is 5.50. The Morgan fingerprint density at radius 3 is 2.77 bits per heavy atom. The molecule has 1 amide bonds. The molecule has 6 heteroatoms. The summed E-state index contributed by atoms with van der Waals surface area (Å²) < 4.78 is 10.8. The number of ether oxygens (including phenoxy) is 1. The number of fused-ring (bicyclic) bond motifs is 1. The van der Waals surface area contributed by atoms with Gasteiger partial charge in [-0.3, -0.25) is 9.78 Å². The second-order valence-electron chi connectivity index (χ2n) is 8.63. The van der Waals surface area contributed by atoms with E-state index >= 15 is 0 Å². The van der Waals surface area contributed by atoms with Crippen molar-refractivity contribution in [1.29, 1.82) is 0 Å². The molecule has 3 aromatic rings. The maximum Gasteiger partial charge on any atom is 0.253 e. The van der Waals surface area contributed by atoms with Crippen LogP contribution in [0.2, 0.25) is 0 Å². The third kappa shape index (κ3) is 4.08. The third-order valence-electron chi connectivity index (χ3n) is 5.74. The Bertz CT molecular complexity index is 1100. The second-order valence-corrected chi connectivity index (χ2v) is 8.63. The van der Waals surface area contributed by atoms with Gasteiger partial charge >= 0.3 is 0 Å². The smallest absolute Gasteiger partial charge is 0.253 e. The van der Waals surface area contributed by atoms with Crippen molar-refractivity contribution in [3.8, 4) is 5.75 Å². The van der Waals surface area contributed by atoms with Crippen molar-refractivity contribution in [2.24, 2.45) is 5.41 Å². The largest absolute Gasteiger partial charge is 0.497 e. The molecule has 0 spiro atoms. The van der Waals surface area contributed by atoms with Gasteiger partial charge in [0.25, 0.3) is 5.91 Å². The highest BCUT2D eigenvalue weighted by Gasteiger charge is 2.24. The van der Waals surface area contributed by atoms with Gasteiger partial charge in [0.05, 0.1) is 24.4 Å². The average molecular weight is 405 g/mol. The van der Waals surface area contributed by atoms with Crippen LogP contribution in [0.15, 0.2) is 47.3 Å². The molecule has 156 valence electrons. The van der Waals surface area contributed by atoms with E-state index in [-0.39, 0.29) is 11.9 Å². The van der Waals surface area contributed by atoms with Crippen molar-refractivity contribution >= 4 is 22.4 Å². The van der Waals surface area contributed by atoms with E-state index in [2.05, 4.69) is 35.2 Å². The van der Waals surface area contributed by atoms with Crippen LogP contribution in [0.5, 0.6) is 5.75 Å². The zero-order chi connectivity index (χ0) is 21.3. The molecule has 2 aromatic heterocycles. The molecule has 6 nitrogen and oxygen atoms in total. The first-order chi connectivity index (χ1) is 14.4. The topological polar surface area (TPSA) is 77.2 Å². The van der Waals surface area contributed by atoms with Gasteiger partial charge in [-0.15, -0.1) is 0 Å². The Kier molecular flexibility index (Phi) is 5.33. The van der Waals surface area contributed by atoms with E-state index in [0.29, 0.717) is 16.9 Å². The van der Waals surface area contributed by atoms with Gasteiger partial charge < -0.3 is 14.5 Å². The summed E-state index contributed by atoms with van der Waals surface area (Å²) in [6.45, 7) is 6.43. The Morgan fingerprint density at radius 2 is 2.10 bits per heavy atom. The number of oxazole rings is 1. The lowest BCUT2D eigenvalue weighted by Gasteiger charge is -2.29. The third-order valence-corrected chi connectivity index (χ3v) is 5.74. The molecule has 1 aliphatic rings. The molecule has 0 radical (unpaired) electrons. The van der Waals surface area contributed by atoms with E-state index in [4.69, 9.17) is 9.15 Å². The fraction of sp³-hybridized carbons (Fsp3) is 0.375. The molecule has 0 aliphatic heterocycles. The number of nitrogens with zero attached hydrogens (tertiary/aromatic N) is 2. The number of allylic oxidation sites excluding steroid dienone is 2. The fourth-order valence-electron chi connectivity index (χ4n) is 3.82. The van der Waals surface area contributed by atoms with Crippen molar-refractivity contribution in [2.75, 3.05) is 7.11 Å². The van der Waals surface area contributed by atoms with E-state index < -0.39 is 0 Å². The van der Waals surface area contributed by atoms with Gasteiger partial charge in [0.2, 0.25) is 5.89 Å². The molecule has 4 rings (SSSR count). The molecular formula is C24H27N3O3. The predicted octanol–water partition coefficient (Wildman–Crippen LogP) is 5.32. The average Bonchev–Trinajstić information content (AvgIpc) is 3.27.